The lowest BCUT2D eigenvalue weighted by Crippen LogP contribution is -1.98. The van der Waals surface area contributed by atoms with E-state index in [9.17, 15) is 0 Å². The van der Waals surface area contributed by atoms with Gasteiger partial charge in [0, 0.05) is 25.4 Å². The second kappa shape index (κ2) is 4.91. The van der Waals surface area contributed by atoms with Crippen molar-refractivity contribution in [2.75, 3.05) is 0 Å². The molecule has 0 amide bonds. The highest BCUT2D eigenvalue weighted by atomic mass is 15.1. The summed E-state index contributed by atoms with van der Waals surface area (Å²) >= 11 is 0. The molecule has 0 saturated carbocycles. The van der Waals surface area contributed by atoms with Crippen LogP contribution in [-0.4, -0.2) is 24.1 Å². The zero-order valence-electron chi connectivity index (χ0n) is 13.8. The van der Waals surface area contributed by atoms with Gasteiger partial charge >= 0.3 is 0 Å². The van der Waals surface area contributed by atoms with Gasteiger partial charge in [-0.15, -0.1) is 0 Å². The monoisotopic (exact) mass is 305 g/mol. The molecule has 0 bridgehead atoms. The maximum absolute atomic E-state index is 4.65. The number of aromatic nitrogens is 5. The van der Waals surface area contributed by atoms with Crippen LogP contribution in [0.3, 0.4) is 0 Å². The van der Waals surface area contributed by atoms with E-state index in [1.807, 2.05) is 33.3 Å². The number of imidazole rings is 2. The first-order chi connectivity index (χ1) is 11.1. The molecule has 0 N–H and O–H groups in total. The Hall–Kier alpha value is -2.69. The van der Waals surface area contributed by atoms with E-state index in [-0.39, 0.29) is 0 Å². The van der Waals surface area contributed by atoms with Gasteiger partial charge < -0.3 is 9.13 Å². The molecule has 0 saturated heterocycles. The summed E-state index contributed by atoms with van der Waals surface area (Å²) in [4.78, 5) is 13.7. The van der Waals surface area contributed by atoms with E-state index in [1.165, 1.54) is 0 Å². The number of hydrogen-bond donors (Lipinski definition) is 0. The van der Waals surface area contributed by atoms with E-state index in [0.717, 1.165) is 51.4 Å². The molecule has 0 atom stereocenters. The minimum atomic E-state index is 0.893. The molecule has 0 aliphatic rings. The van der Waals surface area contributed by atoms with E-state index in [0.29, 0.717) is 0 Å². The van der Waals surface area contributed by atoms with Crippen molar-refractivity contribution in [3.63, 3.8) is 0 Å². The van der Waals surface area contributed by atoms with Crippen LogP contribution in [0, 0.1) is 13.8 Å². The number of fused-ring (bicyclic) bond motifs is 2. The van der Waals surface area contributed by atoms with Gasteiger partial charge in [0.1, 0.15) is 17.2 Å². The Bertz CT molecular complexity index is 1040. The SMILES string of the molecule is CCn1c(C)nc2cncc(-c3ccc4c(c3)nc(C)n4C)c21. The van der Waals surface area contributed by atoms with Crippen molar-refractivity contribution in [3.05, 3.63) is 42.2 Å². The number of hydrogen-bond acceptors (Lipinski definition) is 3. The van der Waals surface area contributed by atoms with Crippen molar-refractivity contribution in [3.8, 4) is 11.1 Å². The fourth-order valence-electron chi connectivity index (χ4n) is 3.29. The Balaban J connectivity index is 2.02. The molecule has 5 nitrogen and oxygen atoms in total. The Morgan fingerprint density at radius 3 is 2.57 bits per heavy atom. The fourth-order valence-corrected chi connectivity index (χ4v) is 3.29. The van der Waals surface area contributed by atoms with Gasteiger partial charge in [-0.2, -0.15) is 0 Å². The van der Waals surface area contributed by atoms with Crippen molar-refractivity contribution in [1.82, 2.24) is 24.1 Å². The van der Waals surface area contributed by atoms with Crippen LogP contribution >= 0.6 is 0 Å². The average molecular weight is 305 g/mol. The van der Waals surface area contributed by atoms with Crippen LogP contribution in [0.2, 0.25) is 0 Å². The molecule has 0 aliphatic carbocycles. The summed E-state index contributed by atoms with van der Waals surface area (Å²) in [5, 5.41) is 0. The number of rotatable bonds is 2. The lowest BCUT2D eigenvalue weighted by atomic mass is 10.1. The first-order valence-corrected chi connectivity index (χ1v) is 7.84. The summed E-state index contributed by atoms with van der Waals surface area (Å²) in [5.41, 5.74) is 6.48. The van der Waals surface area contributed by atoms with Gasteiger partial charge in [0.2, 0.25) is 0 Å². The van der Waals surface area contributed by atoms with Crippen LogP contribution in [0.5, 0.6) is 0 Å². The van der Waals surface area contributed by atoms with E-state index in [1.54, 1.807) is 0 Å². The lowest BCUT2D eigenvalue weighted by molar-refractivity contribution is 0.754. The molecule has 5 heteroatoms. The minimum Gasteiger partial charge on any atom is -0.331 e. The van der Waals surface area contributed by atoms with E-state index < -0.39 is 0 Å². The third kappa shape index (κ3) is 1.96. The number of pyridine rings is 1. The van der Waals surface area contributed by atoms with Crippen molar-refractivity contribution in [1.29, 1.82) is 0 Å². The number of aryl methyl sites for hydroxylation is 4. The highest BCUT2D eigenvalue weighted by Gasteiger charge is 2.14. The van der Waals surface area contributed by atoms with Crippen LogP contribution in [0.4, 0.5) is 0 Å². The quantitative estimate of drug-likeness (QED) is 0.568. The van der Waals surface area contributed by atoms with E-state index >= 15 is 0 Å². The van der Waals surface area contributed by atoms with Crippen LogP contribution < -0.4 is 0 Å². The Kier molecular flexibility index (Phi) is 2.98. The predicted octanol–water partition coefficient (Wildman–Crippen LogP) is 3.62. The summed E-state index contributed by atoms with van der Waals surface area (Å²) in [6.45, 7) is 7.10. The summed E-state index contributed by atoms with van der Waals surface area (Å²) in [6.07, 6.45) is 3.76. The third-order valence-electron chi connectivity index (χ3n) is 4.57. The number of nitrogens with zero attached hydrogens (tertiary/aromatic N) is 5. The maximum Gasteiger partial charge on any atom is 0.108 e. The highest BCUT2D eigenvalue weighted by molar-refractivity contribution is 5.94. The van der Waals surface area contributed by atoms with Crippen molar-refractivity contribution in [2.24, 2.45) is 7.05 Å². The van der Waals surface area contributed by atoms with Gasteiger partial charge in [0.25, 0.3) is 0 Å². The van der Waals surface area contributed by atoms with E-state index in [2.05, 4.69) is 49.2 Å². The maximum atomic E-state index is 4.65. The van der Waals surface area contributed by atoms with Gasteiger partial charge in [-0.1, -0.05) is 6.07 Å². The molecular formula is C18H19N5. The third-order valence-corrected chi connectivity index (χ3v) is 4.57. The van der Waals surface area contributed by atoms with Gasteiger partial charge in [0.05, 0.1) is 22.7 Å². The molecule has 0 unspecified atom stereocenters. The molecule has 23 heavy (non-hydrogen) atoms. The van der Waals surface area contributed by atoms with Gasteiger partial charge in [0.15, 0.2) is 0 Å². The largest absolute Gasteiger partial charge is 0.331 e. The Labute approximate surface area is 134 Å². The molecule has 0 spiro atoms. The lowest BCUT2D eigenvalue weighted by Gasteiger charge is -2.08. The van der Waals surface area contributed by atoms with Crippen LogP contribution in [0.15, 0.2) is 30.6 Å². The average Bonchev–Trinajstić information content (AvgIpc) is 3.02. The first-order valence-electron chi connectivity index (χ1n) is 7.84. The van der Waals surface area contributed by atoms with Crippen molar-refractivity contribution >= 4 is 22.1 Å². The standard InChI is InChI=1S/C18H19N5/c1-5-23-12(3)21-16-10-19-9-14(18(16)23)13-6-7-17-15(8-13)20-11(2)22(17)4/h6-10H,5H2,1-4H3. The molecular weight excluding hydrogens is 286 g/mol. The molecule has 0 aliphatic heterocycles. The minimum absolute atomic E-state index is 0.893. The summed E-state index contributed by atoms with van der Waals surface area (Å²) < 4.78 is 4.35. The zero-order valence-corrected chi connectivity index (χ0v) is 13.8. The normalized spacial score (nSPS) is 11.7. The molecule has 3 heterocycles. The predicted molar refractivity (Wildman–Crippen MR) is 92.4 cm³/mol. The second-order valence-corrected chi connectivity index (χ2v) is 5.88. The zero-order chi connectivity index (χ0) is 16.1. The van der Waals surface area contributed by atoms with Crippen molar-refractivity contribution < 1.29 is 0 Å². The van der Waals surface area contributed by atoms with Crippen LogP contribution in [0.25, 0.3) is 33.2 Å². The van der Waals surface area contributed by atoms with Gasteiger partial charge in [-0.3, -0.25) is 4.98 Å². The van der Waals surface area contributed by atoms with E-state index in [4.69, 9.17) is 0 Å². The molecule has 1 aromatic carbocycles. The Morgan fingerprint density at radius 2 is 1.78 bits per heavy atom. The summed E-state index contributed by atoms with van der Waals surface area (Å²) in [6, 6.07) is 6.41. The summed E-state index contributed by atoms with van der Waals surface area (Å²) in [5.74, 6) is 2.04. The van der Waals surface area contributed by atoms with Gasteiger partial charge in [-0.05, 0) is 38.5 Å². The smallest absolute Gasteiger partial charge is 0.108 e. The topological polar surface area (TPSA) is 48.5 Å². The first kappa shape index (κ1) is 13.9. The summed E-state index contributed by atoms with van der Waals surface area (Å²) in [7, 11) is 2.04. The van der Waals surface area contributed by atoms with Crippen molar-refractivity contribution in [2.45, 2.75) is 27.3 Å². The molecule has 0 fully saturated rings. The van der Waals surface area contributed by atoms with Gasteiger partial charge in [-0.25, -0.2) is 9.97 Å². The fraction of sp³-hybridized carbons (Fsp3) is 0.278. The molecule has 4 rings (SSSR count). The molecule has 116 valence electrons. The number of benzene rings is 1. The highest BCUT2D eigenvalue weighted by Crippen LogP contribution is 2.30. The second-order valence-electron chi connectivity index (χ2n) is 5.88. The van der Waals surface area contributed by atoms with Crippen LogP contribution in [-0.2, 0) is 13.6 Å². The molecule has 3 aromatic heterocycles. The molecule has 4 aromatic rings. The Morgan fingerprint density at radius 1 is 1.00 bits per heavy atom. The molecule has 0 radical (unpaired) electrons. The van der Waals surface area contributed by atoms with Crippen LogP contribution in [0.1, 0.15) is 18.6 Å².